The number of thioether (sulfide) groups is 1. The number of aromatic carboxylic acids is 1. The molecule has 0 saturated heterocycles. The van der Waals surface area contributed by atoms with Crippen molar-refractivity contribution in [2.24, 2.45) is 0 Å². The predicted octanol–water partition coefficient (Wildman–Crippen LogP) is 9.68. The summed E-state index contributed by atoms with van der Waals surface area (Å²) >= 11 is 31.8. The number of hydrogen-bond acceptors (Lipinski definition) is 4. The van der Waals surface area contributed by atoms with Crippen LogP contribution in [0.3, 0.4) is 0 Å². The molecule has 0 aromatic heterocycles. The second kappa shape index (κ2) is 13.4. The third-order valence-corrected chi connectivity index (χ3v) is 9.42. The summed E-state index contributed by atoms with van der Waals surface area (Å²) in [6.45, 7) is 1.83. The molecule has 4 aromatic rings. The van der Waals surface area contributed by atoms with Crippen molar-refractivity contribution >= 4 is 98.9 Å². The molecule has 0 bridgehead atoms. The summed E-state index contributed by atoms with van der Waals surface area (Å²) in [7, 11) is 0. The lowest BCUT2D eigenvalue weighted by atomic mass is 10.1. The Morgan fingerprint density at radius 1 is 0.732 bits per heavy atom. The van der Waals surface area contributed by atoms with Crippen LogP contribution in [0.5, 0.6) is 0 Å². The summed E-state index contributed by atoms with van der Waals surface area (Å²) in [6.07, 6.45) is 0. The molecule has 0 aliphatic rings. The second-order valence-electron chi connectivity index (χ2n) is 8.60. The van der Waals surface area contributed by atoms with E-state index in [1.165, 1.54) is 11.8 Å². The fourth-order valence-corrected chi connectivity index (χ4v) is 6.05. The average Bonchev–Trinajstić information content (AvgIpc) is 2.95. The van der Waals surface area contributed by atoms with Gasteiger partial charge in [0, 0.05) is 21.3 Å². The van der Waals surface area contributed by atoms with Crippen LogP contribution in [0.25, 0.3) is 0 Å². The standard InChI is InChI=1S/C29H19Cl5N2O4S/c1-14-18(30)8-5-9-19(14)36-28(38)26(15-6-3-2-4-7-15)41-17-12-10-16(11-13-17)35-27(37)20-21(29(39)40)23(32)25(34)24(33)22(20)31/h2-13,26H,1H3,(H,35,37)(H,36,38)(H,39,40). The van der Waals surface area contributed by atoms with Gasteiger partial charge < -0.3 is 15.7 Å². The Morgan fingerprint density at radius 2 is 1.34 bits per heavy atom. The van der Waals surface area contributed by atoms with E-state index >= 15 is 0 Å². The van der Waals surface area contributed by atoms with Gasteiger partial charge in [-0.25, -0.2) is 4.79 Å². The van der Waals surface area contributed by atoms with Crippen LogP contribution < -0.4 is 10.6 Å². The molecular formula is C29H19Cl5N2O4S. The van der Waals surface area contributed by atoms with Crippen molar-refractivity contribution in [3.63, 3.8) is 0 Å². The quantitative estimate of drug-likeness (QED) is 0.0987. The first-order valence-electron chi connectivity index (χ1n) is 11.8. The number of carbonyl (C=O) groups is 3. The fraction of sp³-hybridized carbons (Fsp3) is 0.0690. The third-order valence-electron chi connectivity index (χ3n) is 5.94. The molecule has 2 amide bonds. The molecule has 210 valence electrons. The van der Waals surface area contributed by atoms with E-state index < -0.39 is 33.3 Å². The molecule has 0 saturated carbocycles. The van der Waals surface area contributed by atoms with E-state index in [2.05, 4.69) is 10.6 Å². The summed E-state index contributed by atoms with van der Waals surface area (Å²) in [4.78, 5) is 39.0. The van der Waals surface area contributed by atoms with Crippen molar-refractivity contribution < 1.29 is 19.5 Å². The molecule has 12 heteroatoms. The lowest BCUT2D eigenvalue weighted by Crippen LogP contribution is -2.19. The molecule has 0 heterocycles. The van der Waals surface area contributed by atoms with Crippen molar-refractivity contribution in [3.05, 3.63) is 120 Å². The van der Waals surface area contributed by atoms with Gasteiger partial charge in [-0.1, -0.05) is 94.4 Å². The van der Waals surface area contributed by atoms with Crippen LogP contribution in [0, 0.1) is 6.92 Å². The molecule has 41 heavy (non-hydrogen) atoms. The number of anilines is 2. The first-order valence-corrected chi connectivity index (χ1v) is 14.5. The van der Waals surface area contributed by atoms with Crippen molar-refractivity contribution in [2.45, 2.75) is 17.1 Å². The van der Waals surface area contributed by atoms with E-state index in [9.17, 15) is 19.5 Å². The summed E-state index contributed by atoms with van der Waals surface area (Å²) in [5, 5.41) is 13.9. The molecule has 0 aliphatic heterocycles. The fourth-order valence-electron chi connectivity index (χ4n) is 3.83. The summed E-state index contributed by atoms with van der Waals surface area (Å²) in [5.41, 5.74) is 1.51. The van der Waals surface area contributed by atoms with Crippen molar-refractivity contribution in [1.29, 1.82) is 0 Å². The molecule has 0 fully saturated rings. The van der Waals surface area contributed by atoms with E-state index in [-0.39, 0.29) is 21.0 Å². The van der Waals surface area contributed by atoms with Crippen LogP contribution in [-0.2, 0) is 4.79 Å². The monoisotopic (exact) mass is 666 g/mol. The number of halogens is 5. The number of carboxylic acid groups (broad SMARTS) is 1. The molecule has 6 nitrogen and oxygen atoms in total. The van der Waals surface area contributed by atoms with Gasteiger partial charge in [0.2, 0.25) is 5.91 Å². The number of carbonyl (C=O) groups excluding carboxylic acids is 2. The van der Waals surface area contributed by atoms with Crippen LogP contribution in [-0.4, -0.2) is 22.9 Å². The minimum atomic E-state index is -1.49. The molecule has 0 radical (unpaired) electrons. The van der Waals surface area contributed by atoms with Gasteiger partial charge in [0.15, 0.2) is 0 Å². The van der Waals surface area contributed by atoms with Crippen LogP contribution >= 0.6 is 69.8 Å². The topological polar surface area (TPSA) is 95.5 Å². The maximum absolute atomic E-state index is 13.4. The smallest absolute Gasteiger partial charge is 0.338 e. The molecular weight excluding hydrogens is 650 g/mol. The number of benzene rings is 4. The van der Waals surface area contributed by atoms with Gasteiger partial charge in [0.25, 0.3) is 5.91 Å². The van der Waals surface area contributed by atoms with Crippen molar-refractivity contribution in [1.82, 2.24) is 0 Å². The van der Waals surface area contributed by atoms with Gasteiger partial charge in [-0.15, -0.1) is 11.8 Å². The van der Waals surface area contributed by atoms with Crippen molar-refractivity contribution in [3.8, 4) is 0 Å². The Bertz CT molecular complexity index is 1650. The highest BCUT2D eigenvalue weighted by molar-refractivity contribution is 8.00. The van der Waals surface area contributed by atoms with Gasteiger partial charge in [-0.2, -0.15) is 0 Å². The largest absolute Gasteiger partial charge is 0.478 e. The SMILES string of the molecule is Cc1c(Cl)cccc1NC(=O)C(Sc1ccc(NC(=O)c2c(Cl)c(Cl)c(Cl)c(Cl)c2C(=O)O)cc1)c1ccccc1. The highest BCUT2D eigenvalue weighted by atomic mass is 35.5. The highest BCUT2D eigenvalue weighted by Gasteiger charge is 2.29. The maximum Gasteiger partial charge on any atom is 0.338 e. The molecule has 4 rings (SSSR count). The number of rotatable bonds is 8. The predicted molar refractivity (Wildman–Crippen MR) is 168 cm³/mol. The minimum absolute atomic E-state index is 0.238. The van der Waals surface area contributed by atoms with E-state index in [0.29, 0.717) is 16.4 Å². The van der Waals surface area contributed by atoms with Crippen molar-refractivity contribution in [2.75, 3.05) is 10.6 Å². The zero-order valence-electron chi connectivity index (χ0n) is 21.0. The first-order chi connectivity index (χ1) is 19.5. The molecule has 0 aliphatic carbocycles. The van der Waals surface area contributed by atoms with Gasteiger partial charge in [0.1, 0.15) is 5.25 Å². The lowest BCUT2D eigenvalue weighted by molar-refractivity contribution is -0.115. The Balaban J connectivity index is 1.57. The average molecular weight is 669 g/mol. The normalized spacial score (nSPS) is 11.6. The van der Waals surface area contributed by atoms with Gasteiger partial charge >= 0.3 is 5.97 Å². The number of hydrogen-bond donors (Lipinski definition) is 3. The maximum atomic E-state index is 13.4. The molecule has 3 N–H and O–H groups in total. The molecule has 0 spiro atoms. The van der Waals surface area contributed by atoms with Gasteiger partial charge in [0.05, 0.1) is 31.2 Å². The highest BCUT2D eigenvalue weighted by Crippen LogP contribution is 2.42. The summed E-state index contributed by atoms with van der Waals surface area (Å²) in [5.74, 6) is -2.58. The zero-order valence-corrected chi connectivity index (χ0v) is 25.6. The molecule has 1 unspecified atom stereocenters. The zero-order chi connectivity index (χ0) is 29.8. The first kappa shape index (κ1) is 31.0. The van der Waals surface area contributed by atoms with E-state index in [4.69, 9.17) is 58.0 Å². The van der Waals surface area contributed by atoms with Gasteiger partial charge in [-0.3, -0.25) is 9.59 Å². The molecule has 4 aromatic carbocycles. The number of amides is 2. The van der Waals surface area contributed by atoms with Crippen LogP contribution in [0.2, 0.25) is 25.1 Å². The number of carboxylic acids is 1. The Kier molecular flexibility index (Phi) is 10.1. The van der Waals surface area contributed by atoms with Crippen LogP contribution in [0.15, 0.2) is 77.7 Å². The van der Waals surface area contributed by atoms with Crippen LogP contribution in [0.1, 0.15) is 37.1 Å². The van der Waals surface area contributed by atoms with Gasteiger partial charge in [-0.05, 0) is 54.4 Å². The van der Waals surface area contributed by atoms with E-state index in [1.54, 1.807) is 42.5 Å². The Morgan fingerprint density at radius 3 is 1.95 bits per heavy atom. The molecule has 1 atom stereocenters. The Labute approximate surface area is 264 Å². The summed E-state index contributed by atoms with van der Waals surface area (Å²) < 4.78 is 0. The lowest BCUT2D eigenvalue weighted by Gasteiger charge is -2.18. The van der Waals surface area contributed by atoms with Crippen LogP contribution in [0.4, 0.5) is 11.4 Å². The Hall–Kier alpha value is -2.91. The second-order valence-corrected chi connectivity index (χ2v) is 11.7. The summed E-state index contributed by atoms with van der Waals surface area (Å²) in [6, 6.07) is 21.2. The van der Waals surface area contributed by atoms with E-state index in [1.807, 2.05) is 37.3 Å². The van der Waals surface area contributed by atoms with E-state index in [0.717, 1.165) is 16.0 Å². The number of nitrogens with one attached hydrogen (secondary N) is 2. The minimum Gasteiger partial charge on any atom is -0.478 e. The third kappa shape index (κ3) is 6.95.